The van der Waals surface area contributed by atoms with Gasteiger partial charge in [0.2, 0.25) is 5.91 Å². The molecule has 0 atom stereocenters. The maximum absolute atomic E-state index is 12.8. The molecule has 39 heavy (non-hydrogen) atoms. The smallest absolute Gasteiger partial charge is 0.407 e. The van der Waals surface area contributed by atoms with Crippen molar-refractivity contribution in [3.8, 4) is 5.75 Å². The number of nitrogens with one attached hydrogen (secondary N) is 1. The molecule has 12 heteroatoms. The lowest BCUT2D eigenvalue weighted by Crippen LogP contribution is -2.50. The monoisotopic (exact) mass is 568 g/mol. The van der Waals surface area contributed by atoms with Gasteiger partial charge in [-0.2, -0.15) is 0 Å². The van der Waals surface area contributed by atoms with Crippen molar-refractivity contribution in [2.24, 2.45) is 5.92 Å². The first-order valence-electron chi connectivity index (χ1n) is 13.7. The third-order valence-electron chi connectivity index (χ3n) is 7.62. The van der Waals surface area contributed by atoms with Crippen molar-refractivity contribution in [2.75, 3.05) is 78.6 Å². The molecule has 2 amide bonds. The molecule has 0 bridgehead atoms. The topological polar surface area (TPSA) is 129 Å². The van der Waals surface area contributed by atoms with Crippen LogP contribution in [0, 0.1) is 19.8 Å². The van der Waals surface area contributed by atoms with E-state index in [0.717, 1.165) is 45.3 Å². The molecular formula is C27H44N4O7S. The molecule has 0 aromatic heterocycles. The number of carbonyl (C=O) groups excluding carboxylic acids is 1. The summed E-state index contributed by atoms with van der Waals surface area (Å²) in [5.41, 5.74) is 1.29. The summed E-state index contributed by atoms with van der Waals surface area (Å²) in [6.45, 7) is 9.38. The minimum atomic E-state index is -3.52. The van der Waals surface area contributed by atoms with Crippen LogP contribution in [0.2, 0.25) is 0 Å². The van der Waals surface area contributed by atoms with Crippen LogP contribution < -0.4 is 10.1 Å². The number of piperazine rings is 1. The van der Waals surface area contributed by atoms with Gasteiger partial charge in [-0.05, 0) is 75.3 Å². The number of benzene rings is 1. The van der Waals surface area contributed by atoms with Crippen molar-refractivity contribution < 1.29 is 32.6 Å². The van der Waals surface area contributed by atoms with Crippen LogP contribution in [0.1, 0.15) is 36.8 Å². The van der Waals surface area contributed by atoms with E-state index in [1.54, 1.807) is 33.1 Å². The Labute approximate surface area is 232 Å². The van der Waals surface area contributed by atoms with Gasteiger partial charge in [-0.3, -0.25) is 9.69 Å². The first-order valence-corrected chi connectivity index (χ1v) is 15.4. The number of piperidine rings is 1. The van der Waals surface area contributed by atoms with Crippen LogP contribution in [0.4, 0.5) is 4.79 Å². The Kier molecular flexibility index (Phi) is 11.8. The molecule has 1 aromatic carbocycles. The number of carboxylic acid groups (broad SMARTS) is 1. The zero-order chi connectivity index (χ0) is 28.4. The summed E-state index contributed by atoms with van der Waals surface area (Å²) in [6.07, 6.45) is 3.29. The number of hydrogen-bond donors (Lipinski definition) is 2. The molecule has 3 rings (SSSR count). The van der Waals surface area contributed by atoms with Gasteiger partial charge in [0.25, 0.3) is 0 Å². The quantitative estimate of drug-likeness (QED) is 0.343. The van der Waals surface area contributed by atoms with E-state index >= 15 is 0 Å². The Bertz CT molecular complexity index is 1040. The number of likely N-dealkylation sites (tertiary alicyclic amines) is 1. The average Bonchev–Trinajstić information content (AvgIpc) is 2.90. The van der Waals surface area contributed by atoms with Crippen LogP contribution in [0.5, 0.6) is 5.75 Å². The lowest BCUT2D eigenvalue weighted by atomic mass is 9.92. The van der Waals surface area contributed by atoms with Gasteiger partial charge in [0.05, 0.1) is 18.6 Å². The van der Waals surface area contributed by atoms with Crippen LogP contribution in [-0.4, -0.2) is 119 Å². The molecule has 0 saturated carbocycles. The zero-order valence-electron chi connectivity index (χ0n) is 23.5. The van der Waals surface area contributed by atoms with Crippen LogP contribution in [0.15, 0.2) is 17.0 Å². The average molecular weight is 569 g/mol. The first-order chi connectivity index (χ1) is 18.6. The van der Waals surface area contributed by atoms with Crippen LogP contribution in [0.3, 0.4) is 0 Å². The minimum absolute atomic E-state index is 0.0137. The summed E-state index contributed by atoms with van der Waals surface area (Å²) in [5, 5.41) is 12.0. The Balaban J connectivity index is 1.25. The first kappa shape index (κ1) is 31.1. The number of sulfone groups is 1. The van der Waals surface area contributed by atoms with E-state index in [1.807, 2.05) is 4.90 Å². The van der Waals surface area contributed by atoms with Gasteiger partial charge < -0.3 is 29.7 Å². The highest BCUT2D eigenvalue weighted by Gasteiger charge is 2.24. The molecule has 0 unspecified atom stereocenters. The molecule has 2 aliphatic heterocycles. The van der Waals surface area contributed by atoms with E-state index in [-0.39, 0.29) is 25.0 Å². The standard InChI is InChI=1S/C27H44N4O7S/c1-21-17-24(37-3)18-22(2)26(21)39(35,36)20-28-8-16-38-19-25(32)30-14-12-29(13-15-30)9-4-5-23-6-10-31(11-7-23)27(33)34/h17-18,23,28H,4-16,19-20H2,1-3H3,(H,33,34). The number of methoxy groups -OCH3 is 1. The molecule has 0 radical (unpaired) electrons. The molecule has 2 aliphatic rings. The lowest BCUT2D eigenvalue weighted by Gasteiger charge is -2.35. The largest absolute Gasteiger partial charge is 0.497 e. The molecule has 2 fully saturated rings. The second kappa shape index (κ2) is 14.8. The van der Waals surface area contributed by atoms with E-state index in [0.29, 0.717) is 60.4 Å². The summed E-state index contributed by atoms with van der Waals surface area (Å²) in [7, 11) is -1.97. The van der Waals surface area contributed by atoms with E-state index < -0.39 is 15.9 Å². The summed E-state index contributed by atoms with van der Waals surface area (Å²) in [5.74, 6) is 0.980. The molecular weight excluding hydrogens is 524 g/mol. The van der Waals surface area contributed by atoms with Crippen molar-refractivity contribution in [1.29, 1.82) is 0 Å². The fraction of sp³-hybridized carbons (Fsp3) is 0.704. The Hall–Kier alpha value is -2.41. The Morgan fingerprint density at radius 2 is 1.67 bits per heavy atom. The maximum Gasteiger partial charge on any atom is 0.407 e. The highest BCUT2D eigenvalue weighted by atomic mass is 32.2. The normalized spacial score (nSPS) is 17.4. The molecule has 2 N–H and O–H groups in total. The van der Waals surface area contributed by atoms with Gasteiger partial charge in [0.1, 0.15) is 18.2 Å². The SMILES string of the molecule is COc1cc(C)c(S(=O)(=O)CNCCOCC(=O)N2CCN(CCCC3CCN(C(=O)O)CC3)CC2)c(C)c1. The van der Waals surface area contributed by atoms with Crippen molar-refractivity contribution in [3.05, 3.63) is 23.3 Å². The summed E-state index contributed by atoms with van der Waals surface area (Å²) in [6, 6.07) is 3.42. The third kappa shape index (κ3) is 9.33. The number of nitrogens with zero attached hydrogens (tertiary/aromatic N) is 3. The fourth-order valence-electron chi connectivity index (χ4n) is 5.43. The van der Waals surface area contributed by atoms with Crippen molar-refractivity contribution in [2.45, 2.75) is 44.4 Å². The maximum atomic E-state index is 12.8. The number of ether oxygens (including phenoxy) is 2. The second-order valence-corrected chi connectivity index (χ2v) is 12.4. The third-order valence-corrected chi connectivity index (χ3v) is 9.47. The van der Waals surface area contributed by atoms with E-state index in [1.165, 1.54) is 4.90 Å². The molecule has 220 valence electrons. The van der Waals surface area contributed by atoms with Gasteiger partial charge in [0, 0.05) is 45.8 Å². The number of carbonyl (C=O) groups is 2. The highest BCUT2D eigenvalue weighted by Crippen LogP contribution is 2.26. The minimum Gasteiger partial charge on any atom is -0.497 e. The molecule has 1 aromatic rings. The number of rotatable bonds is 13. The molecule has 0 spiro atoms. The highest BCUT2D eigenvalue weighted by molar-refractivity contribution is 7.91. The number of hydrogen-bond acceptors (Lipinski definition) is 8. The van der Waals surface area contributed by atoms with Gasteiger partial charge in [0.15, 0.2) is 9.84 Å². The summed E-state index contributed by atoms with van der Waals surface area (Å²) < 4.78 is 36.3. The number of aryl methyl sites for hydroxylation is 2. The predicted octanol–water partition coefficient (Wildman–Crippen LogP) is 1.96. The van der Waals surface area contributed by atoms with E-state index in [2.05, 4.69) is 10.2 Å². The van der Waals surface area contributed by atoms with Crippen LogP contribution >= 0.6 is 0 Å². The Morgan fingerprint density at radius 3 is 2.26 bits per heavy atom. The summed E-state index contributed by atoms with van der Waals surface area (Å²) >= 11 is 0. The van der Waals surface area contributed by atoms with Crippen LogP contribution in [-0.2, 0) is 19.4 Å². The van der Waals surface area contributed by atoms with Gasteiger partial charge in [-0.15, -0.1) is 0 Å². The van der Waals surface area contributed by atoms with Crippen molar-refractivity contribution >= 4 is 21.8 Å². The van der Waals surface area contributed by atoms with Crippen LogP contribution in [0.25, 0.3) is 0 Å². The number of amides is 2. The zero-order valence-corrected chi connectivity index (χ0v) is 24.3. The van der Waals surface area contributed by atoms with Gasteiger partial charge in [-0.1, -0.05) is 0 Å². The van der Waals surface area contributed by atoms with E-state index in [4.69, 9.17) is 14.6 Å². The molecule has 2 saturated heterocycles. The van der Waals surface area contributed by atoms with Crippen molar-refractivity contribution in [1.82, 2.24) is 20.0 Å². The van der Waals surface area contributed by atoms with Gasteiger partial charge in [-0.25, -0.2) is 13.2 Å². The lowest BCUT2D eigenvalue weighted by molar-refractivity contribution is -0.137. The van der Waals surface area contributed by atoms with E-state index in [9.17, 15) is 18.0 Å². The molecule has 11 nitrogen and oxygen atoms in total. The molecule has 0 aliphatic carbocycles. The van der Waals surface area contributed by atoms with Gasteiger partial charge >= 0.3 is 6.09 Å². The van der Waals surface area contributed by atoms with Crippen molar-refractivity contribution in [3.63, 3.8) is 0 Å². The molecule has 2 heterocycles. The Morgan fingerprint density at radius 1 is 1.03 bits per heavy atom. The fourth-order valence-corrected chi connectivity index (χ4v) is 7.09. The summed E-state index contributed by atoms with van der Waals surface area (Å²) in [4.78, 5) is 29.6. The second-order valence-electron chi connectivity index (χ2n) is 10.5. The predicted molar refractivity (Wildman–Crippen MR) is 148 cm³/mol.